The number of hydrogen-bond acceptors (Lipinski definition) is 2. The topological polar surface area (TPSA) is 41.1 Å². The van der Waals surface area contributed by atoms with Gasteiger partial charge in [-0.25, -0.2) is 0 Å². The predicted molar refractivity (Wildman–Crippen MR) is 76.9 cm³/mol. The zero-order chi connectivity index (χ0) is 13.5. The van der Waals surface area contributed by atoms with Gasteiger partial charge < -0.3 is 10.6 Å². The number of nitrogens with one attached hydrogen (secondary N) is 2. The average molecular weight is 248 g/mol. The molecule has 0 atom stereocenters. The van der Waals surface area contributed by atoms with Crippen LogP contribution in [0.5, 0.6) is 0 Å². The highest BCUT2D eigenvalue weighted by atomic mass is 16.1. The third kappa shape index (κ3) is 4.40. The summed E-state index contributed by atoms with van der Waals surface area (Å²) in [7, 11) is 0. The van der Waals surface area contributed by atoms with Gasteiger partial charge >= 0.3 is 0 Å². The highest BCUT2D eigenvalue weighted by molar-refractivity contribution is 5.81. The van der Waals surface area contributed by atoms with Gasteiger partial charge in [-0.1, -0.05) is 19.9 Å². The quantitative estimate of drug-likeness (QED) is 0.812. The van der Waals surface area contributed by atoms with Crippen molar-refractivity contribution in [1.82, 2.24) is 5.32 Å². The molecule has 3 nitrogen and oxygen atoms in total. The molecular weight excluding hydrogens is 224 g/mol. The SMILES string of the molecule is CCC(CC)NC(=O)CNc1ccc(C)c(C)c1. The van der Waals surface area contributed by atoms with Gasteiger partial charge in [-0.05, 0) is 49.9 Å². The molecule has 0 radical (unpaired) electrons. The van der Waals surface area contributed by atoms with Crippen LogP contribution in [-0.2, 0) is 4.79 Å². The molecule has 0 fully saturated rings. The van der Waals surface area contributed by atoms with Crippen LogP contribution in [0.2, 0.25) is 0 Å². The molecule has 3 heteroatoms. The molecule has 1 amide bonds. The van der Waals surface area contributed by atoms with Crippen molar-refractivity contribution >= 4 is 11.6 Å². The first-order valence-corrected chi connectivity index (χ1v) is 6.67. The molecule has 2 N–H and O–H groups in total. The van der Waals surface area contributed by atoms with Crippen LogP contribution in [-0.4, -0.2) is 18.5 Å². The number of rotatable bonds is 6. The lowest BCUT2D eigenvalue weighted by Crippen LogP contribution is -2.37. The molecule has 0 aromatic heterocycles. The van der Waals surface area contributed by atoms with E-state index in [2.05, 4.69) is 50.5 Å². The molecule has 1 aromatic carbocycles. The van der Waals surface area contributed by atoms with E-state index in [1.165, 1.54) is 11.1 Å². The third-order valence-electron chi connectivity index (χ3n) is 3.31. The Bertz CT molecular complexity index is 397. The normalized spacial score (nSPS) is 10.5. The van der Waals surface area contributed by atoms with Crippen LogP contribution in [0.1, 0.15) is 37.8 Å². The van der Waals surface area contributed by atoms with Crippen molar-refractivity contribution in [3.63, 3.8) is 0 Å². The Morgan fingerprint density at radius 3 is 2.39 bits per heavy atom. The van der Waals surface area contributed by atoms with Gasteiger partial charge in [0.05, 0.1) is 6.54 Å². The van der Waals surface area contributed by atoms with Gasteiger partial charge in [0.1, 0.15) is 0 Å². The fraction of sp³-hybridized carbons (Fsp3) is 0.533. The molecule has 0 bridgehead atoms. The van der Waals surface area contributed by atoms with Crippen molar-refractivity contribution in [3.8, 4) is 0 Å². The maximum Gasteiger partial charge on any atom is 0.239 e. The van der Waals surface area contributed by atoms with Crippen LogP contribution in [0.25, 0.3) is 0 Å². The molecule has 1 rings (SSSR count). The summed E-state index contributed by atoms with van der Waals surface area (Å²) in [6, 6.07) is 6.43. The minimum atomic E-state index is 0.0573. The van der Waals surface area contributed by atoms with Crippen LogP contribution in [0.3, 0.4) is 0 Å². The Morgan fingerprint density at radius 1 is 1.17 bits per heavy atom. The Labute approximate surface area is 110 Å². The van der Waals surface area contributed by atoms with Gasteiger partial charge in [0, 0.05) is 11.7 Å². The van der Waals surface area contributed by atoms with Gasteiger partial charge in [0.25, 0.3) is 0 Å². The molecule has 0 aliphatic carbocycles. The number of benzene rings is 1. The largest absolute Gasteiger partial charge is 0.376 e. The van der Waals surface area contributed by atoms with E-state index in [1.54, 1.807) is 0 Å². The monoisotopic (exact) mass is 248 g/mol. The summed E-state index contributed by atoms with van der Waals surface area (Å²) in [5.41, 5.74) is 3.50. The van der Waals surface area contributed by atoms with Crippen LogP contribution in [0, 0.1) is 13.8 Å². The van der Waals surface area contributed by atoms with E-state index in [0.29, 0.717) is 12.6 Å². The summed E-state index contributed by atoms with van der Waals surface area (Å²) >= 11 is 0. The Morgan fingerprint density at radius 2 is 1.83 bits per heavy atom. The molecular formula is C15H24N2O. The summed E-state index contributed by atoms with van der Waals surface area (Å²) in [4.78, 5) is 11.7. The first kappa shape index (κ1) is 14.6. The maximum absolute atomic E-state index is 11.7. The van der Waals surface area contributed by atoms with Crippen LogP contribution in [0.15, 0.2) is 18.2 Å². The minimum absolute atomic E-state index is 0.0573. The van der Waals surface area contributed by atoms with E-state index in [9.17, 15) is 4.79 Å². The van der Waals surface area contributed by atoms with Crippen molar-refractivity contribution in [3.05, 3.63) is 29.3 Å². The van der Waals surface area contributed by atoms with E-state index in [4.69, 9.17) is 0 Å². The van der Waals surface area contributed by atoms with E-state index < -0.39 is 0 Å². The summed E-state index contributed by atoms with van der Waals surface area (Å²) in [6.45, 7) is 8.67. The van der Waals surface area contributed by atoms with Crippen molar-refractivity contribution in [1.29, 1.82) is 0 Å². The molecule has 1 aromatic rings. The molecule has 0 saturated heterocycles. The Hall–Kier alpha value is -1.51. The number of anilines is 1. The van der Waals surface area contributed by atoms with Crippen LogP contribution >= 0.6 is 0 Å². The summed E-state index contributed by atoms with van der Waals surface area (Å²) < 4.78 is 0. The number of hydrogen-bond donors (Lipinski definition) is 2. The lowest BCUT2D eigenvalue weighted by Gasteiger charge is -2.15. The lowest BCUT2D eigenvalue weighted by atomic mass is 10.1. The van der Waals surface area contributed by atoms with Gasteiger partial charge in [-0.3, -0.25) is 4.79 Å². The first-order chi connectivity index (χ1) is 8.56. The van der Waals surface area contributed by atoms with Gasteiger partial charge in [0.2, 0.25) is 5.91 Å². The molecule has 0 aliphatic rings. The molecule has 18 heavy (non-hydrogen) atoms. The van der Waals surface area contributed by atoms with Gasteiger partial charge in [0.15, 0.2) is 0 Å². The second-order valence-corrected chi connectivity index (χ2v) is 4.73. The minimum Gasteiger partial charge on any atom is -0.376 e. The van der Waals surface area contributed by atoms with E-state index in [-0.39, 0.29) is 5.91 Å². The first-order valence-electron chi connectivity index (χ1n) is 6.67. The molecule has 0 aliphatic heterocycles. The Kier molecular flexibility index (Phi) is 5.69. The lowest BCUT2D eigenvalue weighted by molar-refractivity contribution is -0.120. The second kappa shape index (κ2) is 7.04. The van der Waals surface area contributed by atoms with Crippen molar-refractivity contribution in [2.75, 3.05) is 11.9 Å². The van der Waals surface area contributed by atoms with Crippen molar-refractivity contribution in [2.24, 2.45) is 0 Å². The molecule has 0 heterocycles. The summed E-state index contributed by atoms with van der Waals surface area (Å²) in [5.74, 6) is 0.0573. The van der Waals surface area contributed by atoms with E-state index >= 15 is 0 Å². The smallest absolute Gasteiger partial charge is 0.239 e. The standard InChI is InChI=1S/C15H24N2O/c1-5-13(6-2)17-15(18)10-16-14-8-7-11(3)12(4)9-14/h7-9,13,16H,5-6,10H2,1-4H3,(H,17,18). The molecule has 100 valence electrons. The zero-order valence-electron chi connectivity index (χ0n) is 11.8. The second-order valence-electron chi connectivity index (χ2n) is 4.73. The van der Waals surface area contributed by atoms with E-state index in [0.717, 1.165) is 18.5 Å². The maximum atomic E-state index is 11.7. The predicted octanol–water partition coefficient (Wildman–Crippen LogP) is 3.02. The highest BCUT2D eigenvalue weighted by Gasteiger charge is 2.07. The molecule has 0 saturated carbocycles. The molecule has 0 spiro atoms. The number of carbonyl (C=O) groups excluding carboxylic acids is 1. The summed E-state index contributed by atoms with van der Waals surface area (Å²) in [6.07, 6.45) is 1.96. The Balaban J connectivity index is 2.44. The summed E-state index contributed by atoms with van der Waals surface area (Å²) in [5, 5.41) is 6.17. The van der Waals surface area contributed by atoms with Crippen LogP contribution < -0.4 is 10.6 Å². The van der Waals surface area contributed by atoms with Crippen LogP contribution in [0.4, 0.5) is 5.69 Å². The average Bonchev–Trinajstić information content (AvgIpc) is 2.37. The van der Waals surface area contributed by atoms with Gasteiger partial charge in [-0.15, -0.1) is 0 Å². The fourth-order valence-electron chi connectivity index (χ4n) is 1.81. The van der Waals surface area contributed by atoms with Crippen molar-refractivity contribution in [2.45, 2.75) is 46.6 Å². The number of amides is 1. The number of carbonyl (C=O) groups is 1. The highest BCUT2D eigenvalue weighted by Crippen LogP contribution is 2.13. The van der Waals surface area contributed by atoms with Crippen molar-refractivity contribution < 1.29 is 4.79 Å². The fourth-order valence-corrected chi connectivity index (χ4v) is 1.81. The van der Waals surface area contributed by atoms with Gasteiger partial charge in [-0.2, -0.15) is 0 Å². The van der Waals surface area contributed by atoms with E-state index in [1.807, 2.05) is 6.07 Å². The number of aryl methyl sites for hydroxylation is 2. The third-order valence-corrected chi connectivity index (χ3v) is 3.31. The molecule has 0 unspecified atom stereocenters. The zero-order valence-corrected chi connectivity index (χ0v) is 11.8.